The van der Waals surface area contributed by atoms with Gasteiger partial charge in [-0.1, -0.05) is 48.5 Å². The molecule has 150 valence electrons. The third kappa shape index (κ3) is 4.70. The molecule has 0 spiro atoms. The molecule has 0 amide bonds. The highest BCUT2D eigenvalue weighted by molar-refractivity contribution is 8.00. The van der Waals surface area contributed by atoms with Crippen LogP contribution in [0, 0.1) is 0 Å². The summed E-state index contributed by atoms with van der Waals surface area (Å²) >= 11 is 1.57. The van der Waals surface area contributed by atoms with Crippen LogP contribution in [-0.4, -0.2) is 32.9 Å². The number of Topliss-reactive ketones (excluding diaryl/α,β-unsaturated/α-hetero) is 1. The fourth-order valence-corrected chi connectivity index (χ4v) is 4.80. The number of rotatable bonds is 7. The monoisotopic (exact) mass is 407 g/mol. The molecule has 29 heavy (non-hydrogen) atoms. The van der Waals surface area contributed by atoms with Crippen molar-refractivity contribution in [3.05, 3.63) is 60.2 Å². The Morgan fingerprint density at radius 1 is 1.07 bits per heavy atom. The molecule has 0 saturated heterocycles. The van der Waals surface area contributed by atoms with Crippen LogP contribution in [0.5, 0.6) is 5.75 Å². The normalized spacial score (nSPS) is 16.7. The van der Waals surface area contributed by atoms with E-state index in [0.29, 0.717) is 12.2 Å². The molecular weight excluding hydrogens is 382 g/mol. The molecule has 1 aliphatic carbocycles. The highest BCUT2D eigenvalue weighted by Crippen LogP contribution is 2.33. The second kappa shape index (κ2) is 9.27. The minimum Gasteiger partial charge on any atom is -0.497 e. The molecule has 0 unspecified atom stereocenters. The van der Waals surface area contributed by atoms with Gasteiger partial charge in [-0.15, -0.1) is 10.2 Å². The smallest absolute Gasteiger partial charge is 0.192 e. The zero-order valence-electron chi connectivity index (χ0n) is 16.6. The average molecular weight is 408 g/mol. The molecular formula is C23H25N3O2S. The molecule has 1 saturated carbocycles. The van der Waals surface area contributed by atoms with Crippen molar-refractivity contribution in [1.29, 1.82) is 0 Å². The minimum atomic E-state index is -0.00728. The number of ketones is 1. The van der Waals surface area contributed by atoms with Crippen LogP contribution in [0.2, 0.25) is 0 Å². The van der Waals surface area contributed by atoms with Crippen LogP contribution in [0.4, 0.5) is 0 Å². The lowest BCUT2D eigenvalue weighted by atomic mass is 9.99. The van der Waals surface area contributed by atoms with Crippen molar-refractivity contribution >= 4 is 17.5 Å². The molecule has 2 aromatic carbocycles. The summed E-state index contributed by atoms with van der Waals surface area (Å²) in [4.78, 5) is 12.3. The summed E-state index contributed by atoms with van der Waals surface area (Å²) < 4.78 is 7.43. The number of carbonyl (C=O) groups is 1. The van der Waals surface area contributed by atoms with Gasteiger partial charge in [0.1, 0.15) is 11.5 Å². The van der Waals surface area contributed by atoms with Crippen molar-refractivity contribution in [2.45, 2.75) is 49.1 Å². The SMILES string of the molecule is COc1ccc(-c2nnc(S[C@@H]3CCCCC3=O)n2CCc2ccccc2)cc1. The fraction of sp³-hybridized carbons (Fsp3) is 0.348. The van der Waals surface area contributed by atoms with Gasteiger partial charge in [0, 0.05) is 18.5 Å². The largest absolute Gasteiger partial charge is 0.497 e. The molecule has 1 aliphatic rings. The summed E-state index contributed by atoms with van der Waals surface area (Å²) in [5, 5.41) is 9.77. The standard InChI is InChI=1S/C23H25N3O2S/c1-28-19-13-11-18(12-14-19)22-24-25-23(29-21-10-6-5-9-20(21)27)26(22)16-15-17-7-3-2-4-8-17/h2-4,7-8,11-14,21H,5-6,9-10,15-16H2,1H3/t21-/m1/s1. The third-order valence-corrected chi connectivity index (χ3v) is 6.57. The Bertz CT molecular complexity index is 954. The van der Waals surface area contributed by atoms with E-state index in [1.165, 1.54) is 5.56 Å². The van der Waals surface area contributed by atoms with Crippen LogP contribution in [0.1, 0.15) is 31.2 Å². The van der Waals surface area contributed by atoms with Gasteiger partial charge < -0.3 is 9.30 Å². The van der Waals surface area contributed by atoms with Crippen LogP contribution in [0.15, 0.2) is 59.8 Å². The van der Waals surface area contributed by atoms with Gasteiger partial charge in [0.05, 0.1) is 12.4 Å². The molecule has 6 heteroatoms. The van der Waals surface area contributed by atoms with Gasteiger partial charge in [-0.25, -0.2) is 0 Å². The van der Waals surface area contributed by atoms with Crippen LogP contribution in [0.25, 0.3) is 11.4 Å². The van der Waals surface area contributed by atoms with Crippen molar-refractivity contribution in [3.8, 4) is 17.1 Å². The first-order chi connectivity index (χ1) is 14.2. The number of hydrogen-bond donors (Lipinski definition) is 0. The molecule has 1 fully saturated rings. The van der Waals surface area contributed by atoms with Crippen molar-refractivity contribution in [2.24, 2.45) is 0 Å². The van der Waals surface area contributed by atoms with E-state index in [0.717, 1.165) is 54.5 Å². The first-order valence-corrected chi connectivity index (χ1v) is 10.9. The van der Waals surface area contributed by atoms with Gasteiger partial charge in [0.2, 0.25) is 0 Å². The second-order valence-electron chi connectivity index (χ2n) is 7.24. The van der Waals surface area contributed by atoms with E-state index in [2.05, 4.69) is 39.0 Å². The Kier molecular flexibility index (Phi) is 6.30. The van der Waals surface area contributed by atoms with Crippen molar-refractivity contribution < 1.29 is 9.53 Å². The van der Waals surface area contributed by atoms with E-state index in [9.17, 15) is 4.79 Å². The summed E-state index contributed by atoms with van der Waals surface area (Å²) in [6.07, 6.45) is 4.60. The number of thioether (sulfide) groups is 1. The summed E-state index contributed by atoms with van der Waals surface area (Å²) in [5.41, 5.74) is 2.26. The molecule has 1 aromatic heterocycles. The molecule has 0 N–H and O–H groups in total. The van der Waals surface area contributed by atoms with Crippen LogP contribution in [-0.2, 0) is 17.8 Å². The van der Waals surface area contributed by atoms with E-state index < -0.39 is 0 Å². The van der Waals surface area contributed by atoms with Gasteiger partial charge in [0.25, 0.3) is 0 Å². The van der Waals surface area contributed by atoms with E-state index in [1.807, 2.05) is 30.3 Å². The molecule has 0 radical (unpaired) electrons. The maximum Gasteiger partial charge on any atom is 0.192 e. The van der Waals surface area contributed by atoms with Gasteiger partial charge >= 0.3 is 0 Å². The summed E-state index contributed by atoms with van der Waals surface area (Å²) in [6.45, 7) is 0.765. The number of ether oxygens (including phenoxy) is 1. The lowest BCUT2D eigenvalue weighted by Gasteiger charge is -2.20. The number of hydrogen-bond acceptors (Lipinski definition) is 5. The molecule has 0 bridgehead atoms. The van der Waals surface area contributed by atoms with Crippen molar-refractivity contribution in [2.75, 3.05) is 7.11 Å². The van der Waals surface area contributed by atoms with E-state index >= 15 is 0 Å². The number of nitrogens with zero attached hydrogens (tertiary/aromatic N) is 3. The predicted molar refractivity (Wildman–Crippen MR) is 115 cm³/mol. The Morgan fingerprint density at radius 3 is 2.59 bits per heavy atom. The van der Waals surface area contributed by atoms with Gasteiger partial charge in [-0.3, -0.25) is 4.79 Å². The Morgan fingerprint density at radius 2 is 1.86 bits per heavy atom. The topological polar surface area (TPSA) is 57.0 Å². The molecule has 0 aliphatic heterocycles. The lowest BCUT2D eigenvalue weighted by molar-refractivity contribution is -0.119. The summed E-state index contributed by atoms with van der Waals surface area (Å²) in [7, 11) is 1.66. The molecule has 1 heterocycles. The van der Waals surface area contributed by atoms with Crippen molar-refractivity contribution in [1.82, 2.24) is 14.8 Å². The first-order valence-electron chi connectivity index (χ1n) is 10.1. The Labute approximate surface area is 175 Å². The lowest BCUT2D eigenvalue weighted by Crippen LogP contribution is -2.22. The fourth-order valence-electron chi connectivity index (χ4n) is 3.62. The van der Waals surface area contributed by atoms with Crippen LogP contribution in [0.3, 0.4) is 0 Å². The molecule has 3 aromatic rings. The number of methoxy groups -OCH3 is 1. The molecule has 1 atom stereocenters. The van der Waals surface area contributed by atoms with Crippen molar-refractivity contribution in [3.63, 3.8) is 0 Å². The average Bonchev–Trinajstić information content (AvgIpc) is 3.17. The van der Waals surface area contributed by atoms with Crippen LogP contribution >= 0.6 is 11.8 Å². The number of aryl methyl sites for hydroxylation is 1. The maximum atomic E-state index is 12.3. The van der Waals surface area contributed by atoms with E-state index in [-0.39, 0.29) is 5.25 Å². The van der Waals surface area contributed by atoms with E-state index in [4.69, 9.17) is 4.74 Å². The zero-order chi connectivity index (χ0) is 20.1. The number of benzene rings is 2. The maximum absolute atomic E-state index is 12.3. The Balaban J connectivity index is 1.62. The Hall–Kier alpha value is -2.60. The highest BCUT2D eigenvalue weighted by Gasteiger charge is 2.26. The first kappa shape index (κ1) is 19.7. The summed E-state index contributed by atoms with van der Waals surface area (Å²) in [5.74, 6) is 1.98. The zero-order valence-corrected chi connectivity index (χ0v) is 17.4. The predicted octanol–water partition coefficient (Wildman–Crippen LogP) is 4.80. The number of carbonyl (C=O) groups excluding carboxylic acids is 1. The minimum absolute atomic E-state index is 0.00728. The van der Waals surface area contributed by atoms with Gasteiger partial charge in [-0.2, -0.15) is 0 Å². The molecule has 5 nitrogen and oxygen atoms in total. The third-order valence-electron chi connectivity index (χ3n) is 5.28. The van der Waals surface area contributed by atoms with Gasteiger partial charge in [0.15, 0.2) is 11.0 Å². The second-order valence-corrected chi connectivity index (χ2v) is 8.41. The van der Waals surface area contributed by atoms with Crippen LogP contribution < -0.4 is 4.74 Å². The summed E-state index contributed by atoms with van der Waals surface area (Å²) in [6, 6.07) is 18.3. The number of aromatic nitrogens is 3. The highest BCUT2D eigenvalue weighted by atomic mass is 32.2. The molecule has 4 rings (SSSR count). The quantitative estimate of drug-likeness (QED) is 0.563. The van der Waals surface area contributed by atoms with Gasteiger partial charge in [-0.05, 0) is 49.1 Å². The van der Waals surface area contributed by atoms with E-state index in [1.54, 1.807) is 18.9 Å².